The molecule has 1 saturated heterocycles. The molecule has 0 bridgehead atoms. The third-order valence-electron chi connectivity index (χ3n) is 6.33. The molecule has 1 aliphatic heterocycles. The topological polar surface area (TPSA) is 96.7 Å². The van der Waals surface area contributed by atoms with Crippen molar-refractivity contribution in [1.29, 1.82) is 0 Å². The van der Waals surface area contributed by atoms with Crippen LogP contribution in [0.4, 0.5) is 4.39 Å². The van der Waals surface area contributed by atoms with Crippen molar-refractivity contribution < 1.29 is 19.0 Å². The maximum absolute atomic E-state index is 13.1. The SMILES string of the molecule is CN1CC[C@@H](OCc2ccccc2)CC1c1nc(C(=O)NCc2ccc(F)cc2)c(O)c(=O)n1C. The molecule has 4 rings (SSSR count). The number of hydrogen-bond acceptors (Lipinski definition) is 6. The summed E-state index contributed by atoms with van der Waals surface area (Å²) in [4.78, 5) is 32.1. The van der Waals surface area contributed by atoms with Crippen molar-refractivity contribution in [2.24, 2.45) is 7.05 Å². The van der Waals surface area contributed by atoms with Crippen LogP contribution in [0, 0.1) is 5.82 Å². The van der Waals surface area contributed by atoms with Gasteiger partial charge in [-0.25, -0.2) is 9.37 Å². The Morgan fingerprint density at radius 1 is 1.14 bits per heavy atom. The van der Waals surface area contributed by atoms with E-state index in [1.54, 1.807) is 12.1 Å². The number of ether oxygens (including phenoxy) is 1. The van der Waals surface area contributed by atoms with Gasteiger partial charge >= 0.3 is 0 Å². The third kappa shape index (κ3) is 5.75. The lowest BCUT2D eigenvalue weighted by Gasteiger charge is -2.37. The number of piperidine rings is 1. The molecular weight excluding hydrogens is 451 g/mol. The number of benzene rings is 2. The molecule has 2 N–H and O–H groups in total. The molecule has 2 atom stereocenters. The zero-order chi connectivity index (χ0) is 24.9. The van der Waals surface area contributed by atoms with Gasteiger partial charge in [0.2, 0.25) is 5.75 Å². The van der Waals surface area contributed by atoms with Crippen LogP contribution in [0.25, 0.3) is 0 Å². The van der Waals surface area contributed by atoms with E-state index in [1.165, 1.54) is 23.7 Å². The Labute approximate surface area is 203 Å². The quantitative estimate of drug-likeness (QED) is 0.540. The number of halogens is 1. The molecule has 9 heteroatoms. The van der Waals surface area contributed by atoms with Crippen LogP contribution in [-0.4, -0.2) is 45.2 Å². The smallest absolute Gasteiger partial charge is 0.296 e. The lowest BCUT2D eigenvalue weighted by atomic mass is 9.98. The number of carbonyl (C=O) groups is 1. The summed E-state index contributed by atoms with van der Waals surface area (Å²) < 4.78 is 20.5. The molecule has 2 heterocycles. The van der Waals surface area contributed by atoms with Crippen LogP contribution < -0.4 is 10.9 Å². The first kappa shape index (κ1) is 24.6. The van der Waals surface area contributed by atoms with E-state index in [9.17, 15) is 19.1 Å². The van der Waals surface area contributed by atoms with Gasteiger partial charge in [0.15, 0.2) is 5.69 Å². The van der Waals surface area contributed by atoms with Crippen molar-refractivity contribution in [1.82, 2.24) is 19.8 Å². The highest BCUT2D eigenvalue weighted by atomic mass is 19.1. The Bertz CT molecular complexity index is 1230. The van der Waals surface area contributed by atoms with Crippen LogP contribution in [0.15, 0.2) is 59.4 Å². The highest BCUT2D eigenvalue weighted by molar-refractivity contribution is 5.94. The highest BCUT2D eigenvalue weighted by Gasteiger charge is 2.32. The fourth-order valence-corrected chi connectivity index (χ4v) is 4.22. The molecule has 0 radical (unpaired) electrons. The molecule has 8 nitrogen and oxygen atoms in total. The van der Waals surface area contributed by atoms with E-state index in [2.05, 4.69) is 15.2 Å². The lowest BCUT2D eigenvalue weighted by molar-refractivity contribution is -0.0206. The predicted molar refractivity (Wildman–Crippen MR) is 128 cm³/mol. The number of likely N-dealkylation sites (tertiary alicyclic amines) is 1. The lowest BCUT2D eigenvalue weighted by Crippen LogP contribution is -2.41. The Balaban J connectivity index is 1.52. The first-order valence-corrected chi connectivity index (χ1v) is 11.5. The molecular formula is C26H29FN4O4. The van der Waals surface area contributed by atoms with E-state index in [1.807, 2.05) is 37.4 Å². The molecule has 1 aromatic heterocycles. The average Bonchev–Trinajstić information content (AvgIpc) is 2.87. The highest BCUT2D eigenvalue weighted by Crippen LogP contribution is 2.31. The number of rotatable bonds is 7. The minimum absolute atomic E-state index is 0.0436. The molecule has 35 heavy (non-hydrogen) atoms. The summed E-state index contributed by atoms with van der Waals surface area (Å²) in [5.74, 6) is -1.38. The number of aromatic nitrogens is 2. The summed E-state index contributed by atoms with van der Waals surface area (Å²) in [6, 6.07) is 15.3. The van der Waals surface area contributed by atoms with E-state index < -0.39 is 17.2 Å². The zero-order valence-electron chi connectivity index (χ0n) is 19.8. The first-order valence-electron chi connectivity index (χ1n) is 11.5. The van der Waals surface area contributed by atoms with Crippen LogP contribution in [0.2, 0.25) is 0 Å². The number of aromatic hydroxyl groups is 1. The van der Waals surface area contributed by atoms with Gasteiger partial charge in [0, 0.05) is 20.1 Å². The normalized spacial score (nSPS) is 18.4. The number of hydrogen-bond donors (Lipinski definition) is 2. The third-order valence-corrected chi connectivity index (χ3v) is 6.33. The van der Waals surface area contributed by atoms with Gasteiger partial charge in [-0.05, 0) is 43.1 Å². The molecule has 3 aromatic rings. The molecule has 1 fully saturated rings. The van der Waals surface area contributed by atoms with Gasteiger partial charge < -0.3 is 15.2 Å². The Morgan fingerprint density at radius 3 is 2.57 bits per heavy atom. The van der Waals surface area contributed by atoms with Gasteiger partial charge in [0.05, 0.1) is 18.8 Å². The van der Waals surface area contributed by atoms with E-state index in [-0.39, 0.29) is 30.2 Å². The van der Waals surface area contributed by atoms with Crippen molar-refractivity contribution in [3.63, 3.8) is 0 Å². The number of nitrogens with one attached hydrogen (secondary N) is 1. The second-order valence-electron chi connectivity index (χ2n) is 8.78. The van der Waals surface area contributed by atoms with Gasteiger partial charge in [0.1, 0.15) is 11.6 Å². The van der Waals surface area contributed by atoms with Gasteiger partial charge in [-0.1, -0.05) is 42.5 Å². The summed E-state index contributed by atoms with van der Waals surface area (Å²) in [5.41, 5.74) is 0.737. The second kappa shape index (κ2) is 10.8. The fraction of sp³-hybridized carbons (Fsp3) is 0.346. The molecule has 2 aromatic carbocycles. The zero-order valence-corrected chi connectivity index (χ0v) is 19.8. The van der Waals surface area contributed by atoms with Crippen molar-refractivity contribution >= 4 is 5.91 Å². The fourth-order valence-electron chi connectivity index (χ4n) is 4.22. The van der Waals surface area contributed by atoms with Crippen molar-refractivity contribution in [2.75, 3.05) is 13.6 Å². The van der Waals surface area contributed by atoms with Crippen molar-refractivity contribution in [2.45, 2.75) is 38.1 Å². The maximum Gasteiger partial charge on any atom is 0.296 e. The molecule has 0 spiro atoms. The second-order valence-corrected chi connectivity index (χ2v) is 8.78. The van der Waals surface area contributed by atoms with E-state index in [0.717, 1.165) is 18.5 Å². The molecule has 0 saturated carbocycles. The van der Waals surface area contributed by atoms with Crippen molar-refractivity contribution in [3.8, 4) is 5.75 Å². The van der Waals surface area contributed by atoms with E-state index in [0.29, 0.717) is 24.4 Å². The monoisotopic (exact) mass is 480 g/mol. The summed E-state index contributed by atoms with van der Waals surface area (Å²) in [5, 5.41) is 13.0. The number of amides is 1. The predicted octanol–water partition coefficient (Wildman–Crippen LogP) is 2.91. The number of nitrogens with zero attached hydrogens (tertiary/aromatic N) is 3. The summed E-state index contributed by atoms with van der Waals surface area (Å²) in [6.07, 6.45) is 1.37. The molecule has 1 aliphatic rings. The number of carbonyl (C=O) groups excluding carboxylic acids is 1. The van der Waals surface area contributed by atoms with Crippen molar-refractivity contribution in [3.05, 3.63) is 93.4 Å². The van der Waals surface area contributed by atoms with Crippen LogP contribution >= 0.6 is 0 Å². The minimum Gasteiger partial charge on any atom is -0.501 e. The van der Waals surface area contributed by atoms with Gasteiger partial charge in [-0.2, -0.15) is 0 Å². The average molecular weight is 481 g/mol. The largest absolute Gasteiger partial charge is 0.501 e. The van der Waals surface area contributed by atoms with Crippen LogP contribution in [0.3, 0.4) is 0 Å². The maximum atomic E-state index is 13.1. The molecule has 0 aliphatic carbocycles. The van der Waals surface area contributed by atoms with Gasteiger partial charge in [-0.15, -0.1) is 0 Å². The van der Waals surface area contributed by atoms with Crippen LogP contribution in [-0.2, 0) is 24.9 Å². The van der Waals surface area contributed by atoms with E-state index >= 15 is 0 Å². The molecule has 1 amide bonds. The summed E-state index contributed by atoms with van der Waals surface area (Å²) in [7, 11) is 3.47. The van der Waals surface area contributed by atoms with Crippen LogP contribution in [0.1, 0.15) is 46.3 Å². The van der Waals surface area contributed by atoms with Crippen LogP contribution in [0.5, 0.6) is 5.75 Å². The Morgan fingerprint density at radius 2 is 1.86 bits per heavy atom. The first-order chi connectivity index (χ1) is 16.8. The van der Waals surface area contributed by atoms with Gasteiger partial charge in [-0.3, -0.25) is 19.1 Å². The minimum atomic E-state index is -0.705. The molecule has 184 valence electrons. The Kier molecular flexibility index (Phi) is 7.57. The molecule has 1 unspecified atom stereocenters. The van der Waals surface area contributed by atoms with E-state index in [4.69, 9.17) is 4.74 Å². The Hall–Kier alpha value is -3.56. The van der Waals surface area contributed by atoms with Gasteiger partial charge in [0.25, 0.3) is 11.5 Å². The summed E-state index contributed by atoms with van der Waals surface area (Å²) >= 11 is 0. The summed E-state index contributed by atoms with van der Waals surface area (Å²) in [6.45, 7) is 1.32. The standard InChI is InChI=1S/C26H29FN4O4/c1-30-13-12-20(35-16-18-6-4-3-5-7-18)14-21(30)24-29-22(23(32)26(34)31(24)2)25(33)28-15-17-8-10-19(27)11-9-17/h3-11,20-21,32H,12-16H2,1-2H3,(H,28,33)/t20-,21?/m1/s1.